The fourth-order valence-corrected chi connectivity index (χ4v) is 2.13. The van der Waals surface area contributed by atoms with Gasteiger partial charge >= 0.3 is 5.97 Å². The molecule has 2 rings (SSSR count). The Bertz CT molecular complexity index is 945. The molecule has 0 aliphatic heterocycles. The number of nitrogens with zero attached hydrogens (tertiary/aromatic N) is 2. The first-order valence-electron chi connectivity index (χ1n) is 7.25. The zero-order valence-electron chi connectivity index (χ0n) is 13.7. The second-order valence-corrected chi connectivity index (χ2v) is 5.08. The van der Waals surface area contributed by atoms with Crippen LogP contribution in [0.2, 0.25) is 0 Å². The predicted octanol–water partition coefficient (Wildman–Crippen LogP) is 2.46. The molecule has 0 aliphatic rings. The molecule has 0 fully saturated rings. The van der Waals surface area contributed by atoms with Crippen molar-refractivity contribution in [2.75, 3.05) is 6.61 Å². The molecule has 1 heterocycles. The molecule has 0 saturated heterocycles. The van der Waals surface area contributed by atoms with E-state index in [1.54, 1.807) is 13.0 Å². The minimum atomic E-state index is -1.41. The Morgan fingerprint density at radius 3 is 2.60 bits per heavy atom. The lowest BCUT2D eigenvalue weighted by Crippen LogP contribution is -2.24. The first-order valence-corrected chi connectivity index (χ1v) is 7.25. The zero-order chi connectivity index (χ0) is 18.7. The summed E-state index contributed by atoms with van der Waals surface area (Å²) < 4.78 is 38.7. The zero-order valence-corrected chi connectivity index (χ0v) is 13.7. The van der Waals surface area contributed by atoms with Crippen LogP contribution >= 0.6 is 0 Å². The Balaban J connectivity index is 2.40. The first kappa shape index (κ1) is 18.1. The van der Waals surface area contributed by atoms with Gasteiger partial charge in [-0.3, -0.25) is 9.36 Å². The lowest BCUT2D eigenvalue weighted by atomic mass is 10.1. The highest BCUT2D eigenvalue weighted by Crippen LogP contribution is 2.24. The van der Waals surface area contributed by atoms with Crippen molar-refractivity contribution in [1.82, 2.24) is 4.57 Å². The van der Waals surface area contributed by atoms with Crippen LogP contribution in [0.1, 0.15) is 28.4 Å². The molecule has 0 unspecified atom stereocenters. The fourth-order valence-electron chi connectivity index (χ4n) is 2.13. The average Bonchev–Trinajstić information content (AvgIpc) is 2.57. The topological polar surface area (TPSA) is 81.3 Å². The number of aryl methyl sites for hydroxylation is 1. The number of benzene rings is 1. The average molecular weight is 348 g/mol. The Kier molecular flexibility index (Phi) is 5.17. The summed E-state index contributed by atoms with van der Waals surface area (Å²) in [7, 11) is 1.29. The summed E-state index contributed by atoms with van der Waals surface area (Å²) in [5.41, 5.74) is -1.11. The third-order valence-electron chi connectivity index (χ3n) is 3.46. The molecule has 1 aromatic carbocycles. The van der Waals surface area contributed by atoms with Crippen LogP contribution in [0.25, 0.3) is 0 Å². The molecular formula is C17H14F2N2O4. The van der Waals surface area contributed by atoms with Crippen molar-refractivity contribution in [2.24, 2.45) is 7.05 Å². The molecule has 130 valence electrons. The maximum absolute atomic E-state index is 14.0. The number of rotatable bonds is 4. The van der Waals surface area contributed by atoms with Crippen LogP contribution in [0.4, 0.5) is 8.78 Å². The van der Waals surface area contributed by atoms with Crippen LogP contribution in [0, 0.1) is 29.9 Å². The highest BCUT2D eigenvalue weighted by molar-refractivity contribution is 5.91. The van der Waals surface area contributed by atoms with Gasteiger partial charge in [-0.25, -0.2) is 9.18 Å². The molecule has 0 N–H and O–H groups in total. The second-order valence-electron chi connectivity index (χ2n) is 5.08. The number of aromatic nitrogens is 1. The molecule has 0 atom stereocenters. The van der Waals surface area contributed by atoms with E-state index in [0.717, 1.165) is 16.7 Å². The summed E-state index contributed by atoms with van der Waals surface area (Å²) in [6.45, 7) is 3.23. The third-order valence-corrected chi connectivity index (χ3v) is 3.46. The van der Waals surface area contributed by atoms with Crippen molar-refractivity contribution >= 4 is 5.97 Å². The minimum absolute atomic E-state index is 0.0967. The van der Waals surface area contributed by atoms with Gasteiger partial charge in [0.1, 0.15) is 11.6 Å². The summed E-state index contributed by atoms with van der Waals surface area (Å²) in [6, 6.07) is 5.19. The van der Waals surface area contributed by atoms with E-state index in [-0.39, 0.29) is 23.8 Å². The molecule has 0 spiro atoms. The first-order chi connectivity index (χ1) is 11.8. The van der Waals surface area contributed by atoms with Crippen molar-refractivity contribution in [2.45, 2.75) is 13.8 Å². The van der Waals surface area contributed by atoms with Gasteiger partial charge in [0.2, 0.25) is 11.7 Å². The van der Waals surface area contributed by atoms with E-state index in [4.69, 9.17) is 14.7 Å². The number of carbonyl (C=O) groups excluding carboxylic acids is 1. The third kappa shape index (κ3) is 3.35. The molecule has 2 aromatic rings. The van der Waals surface area contributed by atoms with E-state index in [1.807, 2.05) is 0 Å². The molecule has 0 bridgehead atoms. The monoisotopic (exact) mass is 348 g/mol. The van der Waals surface area contributed by atoms with E-state index in [0.29, 0.717) is 5.56 Å². The lowest BCUT2D eigenvalue weighted by molar-refractivity contribution is 0.0714. The number of hydrogen-bond donors (Lipinski definition) is 0. The summed E-state index contributed by atoms with van der Waals surface area (Å²) in [6.07, 6.45) is 0. The number of esters is 1. The molecule has 25 heavy (non-hydrogen) atoms. The largest absolute Gasteiger partial charge is 0.491 e. The highest BCUT2D eigenvalue weighted by atomic mass is 19.2. The van der Waals surface area contributed by atoms with Crippen molar-refractivity contribution in [3.8, 4) is 17.7 Å². The van der Waals surface area contributed by atoms with Gasteiger partial charge in [-0.15, -0.1) is 0 Å². The molecule has 0 radical (unpaired) electrons. The number of hydrogen-bond acceptors (Lipinski definition) is 5. The second kappa shape index (κ2) is 7.13. The standard InChI is InChI=1S/C17H14F2N2O4/c1-4-24-12-6-5-10(14(18)15(12)19)17(23)25-13-7-9(2)11(8-20)16(22)21(13)3/h5-7H,4H2,1-3H3. The fraction of sp³-hybridized carbons (Fsp3) is 0.235. The summed E-state index contributed by atoms with van der Waals surface area (Å²) in [5, 5.41) is 8.94. The van der Waals surface area contributed by atoms with Crippen LogP contribution in [0.5, 0.6) is 11.6 Å². The number of pyridine rings is 1. The normalized spacial score (nSPS) is 10.2. The molecule has 0 saturated carbocycles. The molecular weight excluding hydrogens is 334 g/mol. The van der Waals surface area contributed by atoms with Gasteiger partial charge in [0.05, 0.1) is 12.2 Å². The highest BCUT2D eigenvalue weighted by Gasteiger charge is 2.22. The number of nitriles is 1. The Hall–Kier alpha value is -3.21. The SMILES string of the molecule is CCOc1ccc(C(=O)Oc2cc(C)c(C#N)c(=O)n2C)c(F)c1F. The lowest BCUT2D eigenvalue weighted by Gasteiger charge is -2.12. The molecule has 8 heteroatoms. The summed E-state index contributed by atoms with van der Waals surface area (Å²) in [5.74, 6) is -4.41. The Labute approximate surface area is 141 Å². The van der Waals surface area contributed by atoms with Gasteiger partial charge < -0.3 is 9.47 Å². The van der Waals surface area contributed by atoms with Gasteiger partial charge in [0.25, 0.3) is 5.56 Å². The maximum atomic E-state index is 14.0. The van der Waals surface area contributed by atoms with Crippen LogP contribution in [-0.2, 0) is 7.05 Å². The van der Waals surface area contributed by atoms with Gasteiger partial charge in [-0.05, 0) is 31.5 Å². The number of ether oxygens (including phenoxy) is 2. The minimum Gasteiger partial charge on any atom is -0.491 e. The van der Waals surface area contributed by atoms with Crippen LogP contribution in [-0.4, -0.2) is 17.1 Å². The summed E-state index contributed by atoms with van der Waals surface area (Å²) >= 11 is 0. The predicted molar refractivity (Wildman–Crippen MR) is 83.6 cm³/mol. The quantitative estimate of drug-likeness (QED) is 0.793. The van der Waals surface area contributed by atoms with E-state index in [2.05, 4.69) is 0 Å². The van der Waals surface area contributed by atoms with Gasteiger partial charge in [0, 0.05) is 13.1 Å². The van der Waals surface area contributed by atoms with Gasteiger partial charge in [-0.1, -0.05) is 0 Å². The van der Waals surface area contributed by atoms with Crippen molar-refractivity contribution in [1.29, 1.82) is 5.26 Å². The number of carbonyl (C=O) groups is 1. The molecule has 1 aromatic heterocycles. The Morgan fingerprint density at radius 1 is 1.32 bits per heavy atom. The molecule has 0 aliphatic carbocycles. The van der Waals surface area contributed by atoms with E-state index in [1.165, 1.54) is 20.0 Å². The summed E-state index contributed by atoms with van der Waals surface area (Å²) in [4.78, 5) is 24.1. The van der Waals surface area contributed by atoms with Crippen molar-refractivity contribution in [3.63, 3.8) is 0 Å². The maximum Gasteiger partial charge on any atom is 0.347 e. The van der Waals surface area contributed by atoms with E-state index < -0.39 is 28.7 Å². The van der Waals surface area contributed by atoms with E-state index in [9.17, 15) is 18.4 Å². The smallest absolute Gasteiger partial charge is 0.347 e. The number of halogens is 2. The van der Waals surface area contributed by atoms with Crippen LogP contribution in [0.15, 0.2) is 23.0 Å². The molecule has 0 amide bonds. The molecule has 6 nitrogen and oxygen atoms in total. The van der Waals surface area contributed by atoms with Crippen LogP contribution in [0.3, 0.4) is 0 Å². The van der Waals surface area contributed by atoms with E-state index >= 15 is 0 Å². The van der Waals surface area contributed by atoms with Crippen molar-refractivity contribution < 1.29 is 23.0 Å². The Morgan fingerprint density at radius 2 is 2.00 bits per heavy atom. The van der Waals surface area contributed by atoms with Crippen LogP contribution < -0.4 is 15.0 Å². The van der Waals surface area contributed by atoms with Crippen molar-refractivity contribution in [3.05, 3.63) is 56.9 Å². The van der Waals surface area contributed by atoms with Gasteiger partial charge in [-0.2, -0.15) is 9.65 Å². The van der Waals surface area contributed by atoms with Gasteiger partial charge in [0.15, 0.2) is 11.6 Å².